The number of hydrogen-bond donors (Lipinski definition) is 0. The van der Waals surface area contributed by atoms with E-state index in [-0.39, 0.29) is 5.91 Å². The fraction of sp³-hybridized carbons (Fsp3) is 0.524. The molecule has 0 aliphatic carbocycles. The summed E-state index contributed by atoms with van der Waals surface area (Å²) in [5.74, 6) is 1.53. The van der Waals surface area contributed by atoms with Crippen LogP contribution in [0, 0.1) is 0 Å². The van der Waals surface area contributed by atoms with Crippen LogP contribution in [0.25, 0.3) is 11.3 Å². The summed E-state index contributed by atoms with van der Waals surface area (Å²) in [5, 5.41) is 5.28. The topological polar surface area (TPSA) is 56.6 Å². The molecule has 1 aromatic heterocycles. The van der Waals surface area contributed by atoms with Crippen LogP contribution < -0.4 is 9.47 Å². The molecule has 2 aliphatic rings. The summed E-state index contributed by atoms with van der Waals surface area (Å²) >= 11 is 1.93. The third kappa shape index (κ3) is 3.26. The average molecular weight is 402 g/mol. The Kier molecular flexibility index (Phi) is 5.27. The van der Waals surface area contributed by atoms with Gasteiger partial charge < -0.3 is 14.4 Å². The number of ether oxygens (including phenoxy) is 2. The number of piperidine rings is 1. The Hall–Kier alpha value is -2.15. The quantitative estimate of drug-likeness (QED) is 0.766. The van der Waals surface area contributed by atoms with Gasteiger partial charge in [-0.1, -0.05) is 0 Å². The van der Waals surface area contributed by atoms with Gasteiger partial charge in [0.1, 0.15) is 17.2 Å². The Labute approximate surface area is 170 Å². The van der Waals surface area contributed by atoms with E-state index >= 15 is 0 Å². The second-order valence-corrected chi connectivity index (χ2v) is 8.67. The largest absolute Gasteiger partial charge is 0.497 e. The van der Waals surface area contributed by atoms with Gasteiger partial charge in [-0.25, -0.2) is 0 Å². The molecule has 2 aromatic rings. The van der Waals surface area contributed by atoms with Crippen molar-refractivity contribution in [2.24, 2.45) is 7.05 Å². The molecule has 2 unspecified atom stereocenters. The number of aromatic nitrogens is 2. The number of thioether (sulfide) groups is 1. The van der Waals surface area contributed by atoms with Gasteiger partial charge in [-0.3, -0.25) is 9.48 Å². The lowest BCUT2D eigenvalue weighted by Gasteiger charge is -2.38. The van der Waals surface area contributed by atoms with Gasteiger partial charge in [0, 0.05) is 29.9 Å². The normalized spacial score (nSPS) is 23.7. The van der Waals surface area contributed by atoms with Gasteiger partial charge in [0.05, 0.1) is 19.9 Å². The molecule has 150 valence electrons. The molecule has 2 bridgehead atoms. The molecule has 3 heterocycles. The van der Waals surface area contributed by atoms with E-state index in [1.54, 1.807) is 18.9 Å². The van der Waals surface area contributed by atoms with Gasteiger partial charge >= 0.3 is 0 Å². The number of amides is 1. The second-order valence-electron chi connectivity index (χ2n) is 7.53. The number of methoxy groups -OCH3 is 2. The van der Waals surface area contributed by atoms with Crippen molar-refractivity contribution in [2.75, 3.05) is 20.5 Å². The number of benzene rings is 1. The van der Waals surface area contributed by atoms with Gasteiger partial charge in [-0.2, -0.15) is 16.9 Å². The molecule has 28 heavy (non-hydrogen) atoms. The number of aryl methyl sites for hydroxylation is 1. The van der Waals surface area contributed by atoms with Crippen molar-refractivity contribution in [1.82, 2.24) is 14.7 Å². The standard InChI is InChI=1S/C21H27N3O3S/c1-23-19(21(25)24-13-5-6-14(24)10-16(9-13)28-4)12-18(22-23)17-11-15(26-2)7-8-20(17)27-3/h7-8,11-14,16H,5-6,9-10H2,1-4H3. The zero-order valence-corrected chi connectivity index (χ0v) is 17.7. The third-order valence-electron chi connectivity index (χ3n) is 6.04. The Bertz CT molecular complexity index is 868. The molecule has 0 spiro atoms. The van der Waals surface area contributed by atoms with Gasteiger partial charge in [0.2, 0.25) is 0 Å². The molecule has 2 atom stereocenters. The van der Waals surface area contributed by atoms with Crippen LogP contribution >= 0.6 is 11.8 Å². The number of fused-ring (bicyclic) bond motifs is 2. The van der Waals surface area contributed by atoms with Crippen LogP contribution in [-0.4, -0.2) is 58.4 Å². The highest BCUT2D eigenvalue weighted by atomic mass is 32.2. The first-order valence-corrected chi connectivity index (χ1v) is 11.0. The zero-order valence-electron chi connectivity index (χ0n) is 16.8. The molecular formula is C21H27N3O3S. The summed E-state index contributed by atoms with van der Waals surface area (Å²) in [4.78, 5) is 15.5. The number of hydrogen-bond acceptors (Lipinski definition) is 5. The van der Waals surface area contributed by atoms with Gasteiger partial charge in [-0.05, 0) is 56.2 Å². The maximum atomic E-state index is 13.4. The Morgan fingerprint density at radius 2 is 1.86 bits per heavy atom. The van der Waals surface area contributed by atoms with E-state index < -0.39 is 0 Å². The maximum Gasteiger partial charge on any atom is 0.272 e. The van der Waals surface area contributed by atoms with E-state index in [0.717, 1.165) is 37.0 Å². The van der Waals surface area contributed by atoms with Crippen LogP contribution in [0.5, 0.6) is 11.5 Å². The summed E-state index contributed by atoms with van der Waals surface area (Å²) in [6.45, 7) is 0. The molecule has 7 heteroatoms. The van der Waals surface area contributed by atoms with Gasteiger partial charge in [-0.15, -0.1) is 0 Å². The summed E-state index contributed by atoms with van der Waals surface area (Å²) < 4.78 is 12.5. The van der Waals surface area contributed by atoms with E-state index in [1.807, 2.05) is 43.1 Å². The molecule has 4 rings (SSSR count). The predicted molar refractivity (Wildman–Crippen MR) is 111 cm³/mol. The number of carbonyl (C=O) groups is 1. The minimum absolute atomic E-state index is 0.0927. The molecular weight excluding hydrogens is 374 g/mol. The lowest BCUT2D eigenvalue weighted by molar-refractivity contribution is 0.0590. The van der Waals surface area contributed by atoms with Crippen molar-refractivity contribution >= 4 is 17.7 Å². The van der Waals surface area contributed by atoms with Crippen LogP contribution in [-0.2, 0) is 7.05 Å². The average Bonchev–Trinajstić information content (AvgIpc) is 3.23. The van der Waals surface area contributed by atoms with Crippen LogP contribution in [0.4, 0.5) is 0 Å². The summed E-state index contributed by atoms with van der Waals surface area (Å²) in [6, 6.07) is 8.19. The van der Waals surface area contributed by atoms with Crippen LogP contribution in [0.15, 0.2) is 24.3 Å². The van der Waals surface area contributed by atoms with Crippen molar-refractivity contribution in [2.45, 2.75) is 43.0 Å². The van der Waals surface area contributed by atoms with Gasteiger partial charge in [0.25, 0.3) is 5.91 Å². The first-order valence-electron chi connectivity index (χ1n) is 9.67. The van der Waals surface area contributed by atoms with E-state index in [1.165, 1.54) is 0 Å². The van der Waals surface area contributed by atoms with Crippen molar-refractivity contribution < 1.29 is 14.3 Å². The molecule has 2 saturated heterocycles. The molecule has 1 aromatic carbocycles. The fourth-order valence-corrected chi connectivity index (χ4v) is 5.43. The van der Waals surface area contributed by atoms with Crippen molar-refractivity contribution in [3.05, 3.63) is 30.0 Å². The maximum absolute atomic E-state index is 13.4. The first-order chi connectivity index (χ1) is 13.5. The van der Waals surface area contributed by atoms with Crippen LogP contribution in [0.3, 0.4) is 0 Å². The summed E-state index contributed by atoms with van der Waals surface area (Å²) in [5.41, 5.74) is 2.16. The molecule has 0 saturated carbocycles. The SMILES string of the molecule is COc1ccc(OC)c(-c2cc(C(=O)N3C4CCC3CC(SC)C4)n(C)n2)c1. The van der Waals surface area contributed by atoms with Crippen molar-refractivity contribution in [3.8, 4) is 22.8 Å². The lowest BCUT2D eigenvalue weighted by atomic mass is 10.0. The molecule has 0 N–H and O–H groups in total. The predicted octanol–water partition coefficient (Wildman–Crippen LogP) is 3.60. The molecule has 2 fully saturated rings. The number of carbonyl (C=O) groups excluding carboxylic acids is 1. The fourth-order valence-electron chi connectivity index (χ4n) is 4.60. The molecule has 2 aliphatic heterocycles. The van der Waals surface area contributed by atoms with Crippen molar-refractivity contribution in [1.29, 1.82) is 0 Å². The summed E-state index contributed by atoms with van der Waals surface area (Å²) in [7, 11) is 5.10. The Morgan fingerprint density at radius 3 is 2.46 bits per heavy atom. The van der Waals surface area contributed by atoms with E-state index in [9.17, 15) is 4.79 Å². The van der Waals surface area contributed by atoms with E-state index in [0.29, 0.717) is 34.5 Å². The third-order valence-corrected chi connectivity index (χ3v) is 7.09. The molecule has 1 amide bonds. The highest BCUT2D eigenvalue weighted by Crippen LogP contribution is 2.41. The van der Waals surface area contributed by atoms with E-state index in [4.69, 9.17) is 9.47 Å². The smallest absolute Gasteiger partial charge is 0.272 e. The number of nitrogens with zero attached hydrogens (tertiary/aromatic N) is 3. The first kappa shape index (κ1) is 19.2. The number of rotatable bonds is 5. The second kappa shape index (κ2) is 7.70. The molecule has 0 radical (unpaired) electrons. The zero-order chi connectivity index (χ0) is 19.8. The van der Waals surface area contributed by atoms with Gasteiger partial charge in [0.15, 0.2) is 0 Å². The van der Waals surface area contributed by atoms with E-state index in [2.05, 4.69) is 16.3 Å². The summed E-state index contributed by atoms with van der Waals surface area (Å²) in [6.07, 6.45) is 6.59. The van der Waals surface area contributed by atoms with Crippen LogP contribution in [0.2, 0.25) is 0 Å². The Balaban J connectivity index is 1.65. The minimum atomic E-state index is 0.0927. The highest BCUT2D eigenvalue weighted by molar-refractivity contribution is 7.99. The minimum Gasteiger partial charge on any atom is -0.497 e. The highest BCUT2D eigenvalue weighted by Gasteiger charge is 2.43. The monoisotopic (exact) mass is 401 g/mol. The molecule has 6 nitrogen and oxygen atoms in total. The Morgan fingerprint density at radius 1 is 1.14 bits per heavy atom. The van der Waals surface area contributed by atoms with Crippen molar-refractivity contribution in [3.63, 3.8) is 0 Å². The lowest BCUT2D eigenvalue weighted by Crippen LogP contribution is -2.47. The van der Waals surface area contributed by atoms with Crippen LogP contribution in [0.1, 0.15) is 36.2 Å².